The van der Waals surface area contributed by atoms with Gasteiger partial charge in [0, 0.05) is 18.5 Å². The summed E-state index contributed by atoms with van der Waals surface area (Å²) in [4.78, 5) is 4.55. The van der Waals surface area contributed by atoms with Crippen LogP contribution in [-0.4, -0.2) is 31.9 Å². The van der Waals surface area contributed by atoms with Gasteiger partial charge in [-0.05, 0) is 68.2 Å². The summed E-state index contributed by atoms with van der Waals surface area (Å²) in [6, 6.07) is 6.86. The second-order valence-corrected chi connectivity index (χ2v) is 8.62. The van der Waals surface area contributed by atoms with Gasteiger partial charge in [0.25, 0.3) is 0 Å². The van der Waals surface area contributed by atoms with E-state index in [9.17, 15) is 13.5 Å². The molecule has 1 aliphatic carbocycles. The van der Waals surface area contributed by atoms with Crippen molar-refractivity contribution in [3.63, 3.8) is 0 Å². The lowest BCUT2D eigenvalue weighted by atomic mass is 9.94. The predicted molar refractivity (Wildman–Crippen MR) is 104 cm³/mol. The van der Waals surface area contributed by atoms with Crippen LogP contribution in [-0.2, 0) is 10.0 Å². The fourth-order valence-corrected chi connectivity index (χ4v) is 4.61. The summed E-state index contributed by atoms with van der Waals surface area (Å²) in [6.07, 6.45) is 13.2. The van der Waals surface area contributed by atoms with Gasteiger partial charge in [-0.3, -0.25) is 4.99 Å². The van der Waals surface area contributed by atoms with E-state index < -0.39 is 10.0 Å². The molecule has 0 amide bonds. The number of aliphatic imine (C=N–C) groups is 1. The first-order chi connectivity index (χ1) is 12.5. The van der Waals surface area contributed by atoms with Gasteiger partial charge in [-0.15, -0.1) is 0 Å². The lowest BCUT2D eigenvalue weighted by Crippen LogP contribution is -2.38. The van der Waals surface area contributed by atoms with Crippen LogP contribution in [0.1, 0.15) is 50.5 Å². The molecule has 140 valence electrons. The van der Waals surface area contributed by atoms with E-state index in [1.54, 1.807) is 12.1 Å². The molecule has 5 nitrogen and oxygen atoms in total. The number of benzene rings is 1. The van der Waals surface area contributed by atoms with Crippen LogP contribution in [0.25, 0.3) is 5.57 Å². The maximum atomic E-state index is 12.6. The molecule has 2 aliphatic rings. The lowest BCUT2D eigenvalue weighted by molar-refractivity contribution is 0.120. The molecule has 1 aromatic carbocycles. The fraction of sp³-hybridized carbons (Fsp3) is 0.450. The molecule has 1 fully saturated rings. The first-order valence-electron chi connectivity index (χ1n) is 9.24. The van der Waals surface area contributed by atoms with Crippen LogP contribution >= 0.6 is 0 Å². The number of allylic oxidation sites excluding steroid dienone is 3. The first-order valence-corrected chi connectivity index (χ1v) is 10.7. The quantitative estimate of drug-likeness (QED) is 0.847. The Morgan fingerprint density at radius 3 is 2.50 bits per heavy atom. The molecule has 0 spiro atoms. The van der Waals surface area contributed by atoms with Crippen LogP contribution in [0.15, 0.2) is 52.5 Å². The number of nitrogens with zero attached hydrogens (tertiary/aromatic N) is 1. The number of sulfonamides is 1. The molecule has 1 aromatic rings. The second kappa shape index (κ2) is 8.75. The molecule has 3 rings (SSSR count). The molecule has 0 saturated heterocycles. The van der Waals surface area contributed by atoms with Gasteiger partial charge in [0.2, 0.25) is 10.0 Å². The molecule has 26 heavy (non-hydrogen) atoms. The lowest BCUT2D eigenvalue weighted by Gasteiger charge is -2.26. The summed E-state index contributed by atoms with van der Waals surface area (Å²) < 4.78 is 28.0. The van der Waals surface area contributed by atoms with E-state index in [2.05, 4.69) is 21.9 Å². The average Bonchev–Trinajstić information content (AvgIpc) is 2.77. The number of nitrogens with one attached hydrogen (secondary N) is 1. The molecule has 0 radical (unpaired) electrons. The molecule has 0 aromatic heterocycles. The number of aliphatic hydroxyl groups is 1. The van der Waals surface area contributed by atoms with Gasteiger partial charge in [0.1, 0.15) is 0 Å². The minimum absolute atomic E-state index is 0.0981. The zero-order valence-electron chi connectivity index (χ0n) is 14.8. The zero-order valence-corrected chi connectivity index (χ0v) is 15.7. The van der Waals surface area contributed by atoms with Gasteiger partial charge in [-0.2, -0.15) is 0 Å². The Labute approximate surface area is 155 Å². The summed E-state index contributed by atoms with van der Waals surface area (Å²) in [5.74, 6) is 0. The molecule has 1 aliphatic heterocycles. The molecule has 6 heteroatoms. The SMILES string of the molecule is O=S(=O)(NC1CCC(O)CC1)c1ccc(C2=CCCCC=CN=C2)cc1. The van der Waals surface area contributed by atoms with Gasteiger partial charge in [0.15, 0.2) is 0 Å². The largest absolute Gasteiger partial charge is 0.393 e. The van der Waals surface area contributed by atoms with Crippen molar-refractivity contribution < 1.29 is 13.5 Å². The summed E-state index contributed by atoms with van der Waals surface area (Å²) in [6.45, 7) is 0. The first kappa shape index (κ1) is 19.0. The van der Waals surface area contributed by atoms with Crippen LogP contribution in [0, 0.1) is 0 Å². The maximum absolute atomic E-state index is 12.6. The van der Waals surface area contributed by atoms with E-state index in [0.717, 1.165) is 30.4 Å². The van der Waals surface area contributed by atoms with Crippen molar-refractivity contribution in [2.24, 2.45) is 4.99 Å². The molecular weight excluding hydrogens is 348 g/mol. The topological polar surface area (TPSA) is 78.8 Å². The Balaban J connectivity index is 1.71. The van der Waals surface area contributed by atoms with Crippen LogP contribution in [0.5, 0.6) is 0 Å². The van der Waals surface area contributed by atoms with Crippen molar-refractivity contribution in [1.82, 2.24) is 4.72 Å². The highest BCUT2D eigenvalue weighted by Gasteiger charge is 2.24. The van der Waals surface area contributed by atoms with Crippen molar-refractivity contribution in [2.45, 2.75) is 62.0 Å². The second-order valence-electron chi connectivity index (χ2n) is 6.90. The summed E-state index contributed by atoms with van der Waals surface area (Å²) in [5.41, 5.74) is 1.97. The zero-order chi connectivity index (χ0) is 18.4. The Hall–Kier alpha value is -1.76. The van der Waals surface area contributed by atoms with Crippen molar-refractivity contribution in [1.29, 1.82) is 0 Å². The van der Waals surface area contributed by atoms with Crippen LogP contribution in [0.4, 0.5) is 0 Å². The molecule has 0 atom stereocenters. The van der Waals surface area contributed by atoms with Gasteiger partial charge in [-0.1, -0.05) is 24.3 Å². The highest BCUT2D eigenvalue weighted by molar-refractivity contribution is 7.89. The van der Waals surface area contributed by atoms with Crippen molar-refractivity contribution in [3.05, 3.63) is 48.2 Å². The summed E-state index contributed by atoms with van der Waals surface area (Å²) in [7, 11) is -3.54. The standard InChI is InChI=1S/C20H26N2O3S/c23-19-10-8-18(9-11-19)22-26(24,25)20-12-6-16(7-13-20)17-5-3-1-2-4-14-21-15-17/h4-7,12-15,18-19,22-23H,1-3,8-11H2. The number of hydrogen-bond acceptors (Lipinski definition) is 4. The van der Waals surface area contributed by atoms with Gasteiger partial charge < -0.3 is 5.11 Å². The molecular formula is C20H26N2O3S. The summed E-state index contributed by atoms with van der Waals surface area (Å²) in [5, 5.41) is 9.55. The van der Waals surface area contributed by atoms with E-state index in [1.165, 1.54) is 0 Å². The highest BCUT2D eigenvalue weighted by atomic mass is 32.2. The van der Waals surface area contributed by atoms with E-state index in [4.69, 9.17) is 0 Å². The third kappa shape index (κ3) is 5.13. The minimum Gasteiger partial charge on any atom is -0.393 e. The monoisotopic (exact) mass is 374 g/mol. The average molecular weight is 375 g/mol. The van der Waals surface area contributed by atoms with Gasteiger partial charge in [-0.25, -0.2) is 13.1 Å². The Morgan fingerprint density at radius 2 is 1.77 bits per heavy atom. The van der Waals surface area contributed by atoms with Crippen molar-refractivity contribution in [3.8, 4) is 0 Å². The molecule has 0 unspecified atom stereocenters. The van der Waals surface area contributed by atoms with Gasteiger partial charge in [0.05, 0.1) is 11.0 Å². The number of aliphatic hydroxyl groups excluding tert-OH is 1. The summed E-state index contributed by atoms with van der Waals surface area (Å²) >= 11 is 0. The Morgan fingerprint density at radius 1 is 1.04 bits per heavy atom. The predicted octanol–water partition coefficient (Wildman–Crippen LogP) is 3.42. The van der Waals surface area contributed by atoms with E-state index in [0.29, 0.717) is 25.7 Å². The van der Waals surface area contributed by atoms with E-state index in [1.807, 2.05) is 24.5 Å². The van der Waals surface area contributed by atoms with Crippen molar-refractivity contribution >= 4 is 21.8 Å². The molecule has 0 bridgehead atoms. The number of hydrogen-bond donors (Lipinski definition) is 2. The number of rotatable bonds is 4. The highest BCUT2D eigenvalue weighted by Crippen LogP contribution is 2.22. The van der Waals surface area contributed by atoms with Crippen LogP contribution < -0.4 is 4.72 Å². The van der Waals surface area contributed by atoms with Crippen LogP contribution in [0.3, 0.4) is 0 Å². The smallest absolute Gasteiger partial charge is 0.240 e. The van der Waals surface area contributed by atoms with Crippen molar-refractivity contribution in [2.75, 3.05) is 0 Å². The normalized spacial score (nSPS) is 24.4. The third-order valence-electron chi connectivity index (χ3n) is 4.86. The van der Waals surface area contributed by atoms with Crippen LogP contribution in [0.2, 0.25) is 0 Å². The molecule has 1 saturated carbocycles. The third-order valence-corrected chi connectivity index (χ3v) is 6.40. The van der Waals surface area contributed by atoms with E-state index >= 15 is 0 Å². The molecule has 1 heterocycles. The minimum atomic E-state index is -3.54. The molecule has 2 N–H and O–H groups in total. The van der Waals surface area contributed by atoms with E-state index in [-0.39, 0.29) is 17.0 Å². The Kier molecular flexibility index (Phi) is 6.40. The van der Waals surface area contributed by atoms with Gasteiger partial charge >= 0.3 is 0 Å². The maximum Gasteiger partial charge on any atom is 0.240 e. The fourth-order valence-electron chi connectivity index (χ4n) is 3.30. The Bertz CT molecular complexity index is 787.